The molecule has 2 N–H and O–H groups in total. The number of anilines is 1. The average molecular weight is 646 g/mol. The monoisotopic (exact) mass is 644 g/mol. The van der Waals surface area contributed by atoms with E-state index in [9.17, 15) is 15.2 Å². The standard InChI is InChI=1S/C24H17Cl3FIN4O2/c25-14-5-1-4-12(17(14)26)16-10(3-2-6-30)7-13-21(18(16)28)32-23(27)19(29)22(13)31-20-11-8-15(20)33(9-11)24(34)35/h1,4-5,7,11,15,20H,2-3,8-9H2,(H,31,32)(H,34,35)/t11?,15?,20-/m0/s1. The number of nitriles is 1. The van der Waals surface area contributed by atoms with Gasteiger partial charge in [0.2, 0.25) is 0 Å². The van der Waals surface area contributed by atoms with Crippen molar-refractivity contribution in [1.82, 2.24) is 9.88 Å². The average Bonchev–Trinajstić information content (AvgIpc) is 3.42. The zero-order valence-corrected chi connectivity index (χ0v) is 22.4. The summed E-state index contributed by atoms with van der Waals surface area (Å²) in [5, 5.41) is 23.3. The predicted octanol–water partition coefficient (Wildman–Crippen LogP) is 7.22. The molecule has 3 fully saturated rings. The number of nitrogens with zero attached hydrogens (tertiary/aromatic N) is 3. The molecule has 3 heterocycles. The molecular weight excluding hydrogens is 629 g/mol. The molecule has 3 aromatic rings. The Morgan fingerprint density at radius 3 is 2.83 bits per heavy atom. The third-order valence-corrected chi connectivity index (χ3v) is 9.25. The molecule has 1 aliphatic carbocycles. The molecule has 2 aliphatic heterocycles. The van der Waals surface area contributed by atoms with Gasteiger partial charge in [-0.1, -0.05) is 46.9 Å². The Bertz CT molecular complexity index is 1430. The summed E-state index contributed by atoms with van der Waals surface area (Å²) in [6.07, 6.45) is 0.317. The minimum Gasteiger partial charge on any atom is -0.465 e. The van der Waals surface area contributed by atoms with E-state index in [4.69, 9.17) is 34.8 Å². The number of aryl methyl sites for hydroxylation is 1. The molecule has 0 spiro atoms. The molecule has 2 unspecified atom stereocenters. The Kier molecular flexibility index (Phi) is 6.64. The van der Waals surface area contributed by atoms with Crippen molar-refractivity contribution in [2.75, 3.05) is 11.9 Å². The molecule has 3 atom stereocenters. The number of benzene rings is 2. The summed E-state index contributed by atoms with van der Waals surface area (Å²) >= 11 is 21.1. The second-order valence-corrected chi connectivity index (χ2v) is 10.9. The van der Waals surface area contributed by atoms with Gasteiger partial charge in [0.05, 0.1) is 37.5 Å². The number of nitrogens with one attached hydrogen (secondary N) is 1. The zero-order chi connectivity index (χ0) is 25.0. The summed E-state index contributed by atoms with van der Waals surface area (Å²) in [5.41, 5.74) is 1.90. The first-order valence-electron chi connectivity index (χ1n) is 10.8. The lowest BCUT2D eigenvalue weighted by atomic mass is 9.79. The van der Waals surface area contributed by atoms with Gasteiger partial charge in [-0.2, -0.15) is 5.26 Å². The van der Waals surface area contributed by atoms with Crippen LogP contribution in [0.5, 0.6) is 0 Å². The lowest BCUT2D eigenvalue weighted by molar-refractivity contribution is 0.140. The minimum atomic E-state index is -0.943. The minimum absolute atomic E-state index is 0.0615. The molecule has 1 aromatic heterocycles. The SMILES string of the molecule is N#CCCc1cc2c(N[C@H]3C4CC3N(C(=O)O)C4)c(I)c(Cl)nc2c(F)c1-c1cccc(Cl)c1Cl. The summed E-state index contributed by atoms with van der Waals surface area (Å²) in [4.78, 5) is 17.3. The van der Waals surface area contributed by atoms with E-state index in [2.05, 4.69) is 39.0 Å². The molecule has 180 valence electrons. The molecule has 1 amide bonds. The number of carboxylic acid groups (broad SMARTS) is 1. The van der Waals surface area contributed by atoms with Crippen LogP contribution in [0.15, 0.2) is 24.3 Å². The molecule has 6 nitrogen and oxygen atoms in total. The largest absolute Gasteiger partial charge is 0.465 e. The van der Waals surface area contributed by atoms with Crippen LogP contribution in [0.25, 0.3) is 22.0 Å². The maximum atomic E-state index is 16.2. The molecule has 2 aromatic carbocycles. The normalized spacial score (nSPS) is 20.6. The highest BCUT2D eigenvalue weighted by Crippen LogP contribution is 2.46. The van der Waals surface area contributed by atoms with Gasteiger partial charge in [0.1, 0.15) is 10.7 Å². The summed E-state index contributed by atoms with van der Waals surface area (Å²) in [5.74, 6) is -0.439. The Morgan fingerprint density at radius 1 is 1.37 bits per heavy atom. The number of halogens is 5. The zero-order valence-electron chi connectivity index (χ0n) is 18.0. The number of rotatable bonds is 5. The van der Waals surface area contributed by atoms with Crippen LogP contribution < -0.4 is 5.32 Å². The van der Waals surface area contributed by atoms with Crippen LogP contribution in [0, 0.1) is 26.6 Å². The third-order valence-electron chi connectivity index (χ3n) is 6.78. The van der Waals surface area contributed by atoms with Crippen molar-refractivity contribution in [2.45, 2.75) is 31.3 Å². The summed E-state index contributed by atoms with van der Waals surface area (Å²) in [6.45, 7) is 0.462. The summed E-state index contributed by atoms with van der Waals surface area (Å²) in [6, 6.07) is 8.65. The van der Waals surface area contributed by atoms with Gasteiger partial charge in [0.15, 0.2) is 5.82 Å². The van der Waals surface area contributed by atoms with Crippen molar-refractivity contribution in [2.24, 2.45) is 5.92 Å². The van der Waals surface area contributed by atoms with Gasteiger partial charge in [-0.05, 0) is 53.1 Å². The van der Waals surface area contributed by atoms with Crippen LogP contribution in [0.4, 0.5) is 14.9 Å². The van der Waals surface area contributed by atoms with Crippen molar-refractivity contribution in [3.8, 4) is 17.2 Å². The van der Waals surface area contributed by atoms with Crippen molar-refractivity contribution in [1.29, 1.82) is 5.26 Å². The smallest absolute Gasteiger partial charge is 0.407 e. The topological polar surface area (TPSA) is 89.2 Å². The molecule has 35 heavy (non-hydrogen) atoms. The third kappa shape index (κ3) is 4.06. The molecule has 2 saturated heterocycles. The van der Waals surface area contributed by atoms with Gasteiger partial charge in [-0.15, -0.1) is 0 Å². The van der Waals surface area contributed by atoms with Gasteiger partial charge in [0.25, 0.3) is 0 Å². The molecular formula is C24H17Cl3FIN4O2. The second kappa shape index (κ2) is 9.43. The van der Waals surface area contributed by atoms with E-state index < -0.39 is 11.9 Å². The van der Waals surface area contributed by atoms with E-state index in [0.29, 0.717) is 38.7 Å². The molecule has 3 aliphatic rings. The lowest BCUT2D eigenvalue weighted by Gasteiger charge is -2.37. The van der Waals surface area contributed by atoms with Gasteiger partial charge in [-0.25, -0.2) is 14.2 Å². The fourth-order valence-electron chi connectivity index (χ4n) is 5.10. The van der Waals surface area contributed by atoms with E-state index in [1.807, 2.05) is 6.07 Å². The van der Waals surface area contributed by atoms with Crippen LogP contribution in [-0.4, -0.2) is 39.7 Å². The number of hydrogen-bond acceptors (Lipinski definition) is 4. The Labute approximate surface area is 229 Å². The van der Waals surface area contributed by atoms with E-state index in [1.54, 1.807) is 18.2 Å². The number of hydrogen-bond donors (Lipinski definition) is 2. The van der Waals surface area contributed by atoms with Crippen molar-refractivity contribution >= 4 is 80.1 Å². The molecule has 0 radical (unpaired) electrons. The first kappa shape index (κ1) is 24.6. The van der Waals surface area contributed by atoms with Crippen molar-refractivity contribution in [3.05, 3.63) is 54.4 Å². The highest BCUT2D eigenvalue weighted by molar-refractivity contribution is 14.1. The van der Waals surface area contributed by atoms with Gasteiger partial charge >= 0.3 is 6.09 Å². The Morgan fingerprint density at radius 2 is 2.14 bits per heavy atom. The van der Waals surface area contributed by atoms with E-state index in [-0.39, 0.29) is 50.7 Å². The highest BCUT2D eigenvalue weighted by atomic mass is 127. The van der Waals surface area contributed by atoms with Gasteiger partial charge in [-0.3, -0.25) is 0 Å². The van der Waals surface area contributed by atoms with Gasteiger partial charge < -0.3 is 15.3 Å². The first-order chi connectivity index (χ1) is 16.7. The Hall–Kier alpha value is -2.06. The van der Waals surface area contributed by atoms with Crippen molar-refractivity contribution < 1.29 is 14.3 Å². The van der Waals surface area contributed by atoms with E-state index in [0.717, 1.165) is 6.42 Å². The maximum absolute atomic E-state index is 16.2. The van der Waals surface area contributed by atoms with Crippen molar-refractivity contribution in [3.63, 3.8) is 0 Å². The number of pyridine rings is 1. The summed E-state index contributed by atoms with van der Waals surface area (Å²) in [7, 11) is 0. The highest BCUT2D eigenvalue weighted by Gasteiger charge is 2.54. The molecule has 1 saturated carbocycles. The second-order valence-electron chi connectivity index (χ2n) is 8.64. The first-order valence-corrected chi connectivity index (χ1v) is 13.0. The fraction of sp³-hybridized carbons (Fsp3) is 0.292. The van der Waals surface area contributed by atoms with Crippen LogP contribution in [-0.2, 0) is 6.42 Å². The van der Waals surface area contributed by atoms with Crippen LogP contribution in [0.1, 0.15) is 18.4 Å². The molecule has 6 rings (SSSR count). The summed E-state index contributed by atoms with van der Waals surface area (Å²) < 4.78 is 16.8. The molecule has 11 heteroatoms. The molecule has 2 bridgehead atoms. The number of fused-ring (bicyclic) bond motifs is 2. The number of carbonyl (C=O) groups is 1. The van der Waals surface area contributed by atoms with Crippen LogP contribution in [0.2, 0.25) is 15.2 Å². The van der Waals surface area contributed by atoms with Crippen LogP contribution in [0.3, 0.4) is 0 Å². The maximum Gasteiger partial charge on any atom is 0.407 e. The fourth-order valence-corrected chi connectivity index (χ4v) is 6.24. The Balaban J connectivity index is 1.69. The number of amides is 1. The quantitative estimate of drug-likeness (QED) is 0.226. The van der Waals surface area contributed by atoms with E-state index in [1.165, 1.54) is 4.90 Å². The van der Waals surface area contributed by atoms with Gasteiger partial charge in [0, 0.05) is 35.4 Å². The number of aromatic nitrogens is 1. The van der Waals surface area contributed by atoms with Crippen LogP contribution >= 0.6 is 57.4 Å². The van der Waals surface area contributed by atoms with E-state index >= 15 is 4.39 Å². The lowest BCUT2D eigenvalue weighted by Crippen LogP contribution is -2.49. The predicted molar refractivity (Wildman–Crippen MR) is 143 cm³/mol.